The van der Waals surface area contributed by atoms with Crippen LogP contribution in [0.2, 0.25) is 0 Å². The van der Waals surface area contributed by atoms with Gasteiger partial charge in [-0.1, -0.05) is 19.3 Å². The summed E-state index contributed by atoms with van der Waals surface area (Å²) in [6, 6.07) is 0.311. The summed E-state index contributed by atoms with van der Waals surface area (Å²) in [5.41, 5.74) is -0.129. The Morgan fingerprint density at radius 2 is 1.95 bits per heavy atom. The van der Waals surface area contributed by atoms with Crippen LogP contribution in [0.25, 0.3) is 0 Å². The third kappa shape index (κ3) is 3.19. The van der Waals surface area contributed by atoms with Crippen molar-refractivity contribution in [3.8, 4) is 0 Å². The summed E-state index contributed by atoms with van der Waals surface area (Å²) in [5, 5.41) is 17.7. The molecule has 0 unspecified atom stereocenters. The van der Waals surface area contributed by atoms with Gasteiger partial charge in [-0.15, -0.1) is 10.2 Å². The first-order chi connectivity index (χ1) is 9.43. The van der Waals surface area contributed by atoms with Crippen LogP contribution in [0.15, 0.2) is 0 Å². The number of carboxylic acids is 1. The van der Waals surface area contributed by atoms with Gasteiger partial charge in [-0.05, 0) is 39.0 Å². The summed E-state index contributed by atoms with van der Waals surface area (Å²) in [4.78, 5) is 11.2. The zero-order valence-corrected chi connectivity index (χ0v) is 12.7. The molecule has 0 atom stereocenters. The Hall–Kier alpha value is -1.39. The molecule has 112 valence electrons. The molecule has 1 N–H and O–H groups in total. The van der Waals surface area contributed by atoms with E-state index in [1.165, 1.54) is 6.42 Å². The number of rotatable bonds is 5. The number of carbonyl (C=O) groups is 1. The van der Waals surface area contributed by atoms with Crippen LogP contribution in [-0.2, 0) is 11.2 Å². The van der Waals surface area contributed by atoms with E-state index in [0.717, 1.165) is 43.8 Å². The Bertz CT molecular complexity index is 473. The molecule has 0 bridgehead atoms. The van der Waals surface area contributed by atoms with Gasteiger partial charge < -0.3 is 9.67 Å². The van der Waals surface area contributed by atoms with Crippen LogP contribution in [0.1, 0.15) is 70.1 Å². The van der Waals surface area contributed by atoms with Gasteiger partial charge in [0.15, 0.2) is 0 Å². The number of hydrogen-bond donors (Lipinski definition) is 1. The van der Waals surface area contributed by atoms with Crippen LogP contribution in [0.3, 0.4) is 0 Å². The van der Waals surface area contributed by atoms with Crippen molar-refractivity contribution in [2.75, 3.05) is 0 Å². The summed E-state index contributed by atoms with van der Waals surface area (Å²) in [7, 11) is 0. The smallest absolute Gasteiger partial charge is 0.303 e. The Kier molecular flexibility index (Phi) is 4.45. The average molecular weight is 279 g/mol. The van der Waals surface area contributed by atoms with Crippen molar-refractivity contribution in [2.24, 2.45) is 5.41 Å². The molecule has 1 aliphatic carbocycles. The largest absolute Gasteiger partial charge is 0.481 e. The minimum Gasteiger partial charge on any atom is -0.481 e. The van der Waals surface area contributed by atoms with Crippen LogP contribution >= 0.6 is 0 Å². The topological polar surface area (TPSA) is 68.0 Å². The molecule has 1 aliphatic rings. The fourth-order valence-corrected chi connectivity index (χ4v) is 3.58. The second kappa shape index (κ2) is 5.94. The predicted molar refractivity (Wildman–Crippen MR) is 76.6 cm³/mol. The van der Waals surface area contributed by atoms with E-state index in [1.54, 1.807) is 0 Å². The first kappa shape index (κ1) is 15.0. The van der Waals surface area contributed by atoms with Crippen LogP contribution in [-0.4, -0.2) is 25.8 Å². The van der Waals surface area contributed by atoms with Crippen molar-refractivity contribution in [3.05, 3.63) is 11.6 Å². The number of aliphatic carboxylic acids is 1. The number of nitrogens with zero attached hydrogens (tertiary/aromatic N) is 3. The van der Waals surface area contributed by atoms with Crippen molar-refractivity contribution >= 4 is 5.97 Å². The van der Waals surface area contributed by atoms with Gasteiger partial charge in [-0.25, -0.2) is 0 Å². The zero-order chi connectivity index (χ0) is 14.8. The van der Waals surface area contributed by atoms with Crippen LogP contribution < -0.4 is 0 Å². The van der Waals surface area contributed by atoms with Crippen LogP contribution in [0, 0.1) is 12.3 Å². The molecule has 1 fully saturated rings. The molecule has 0 aliphatic heterocycles. The Balaban J connectivity index is 2.26. The van der Waals surface area contributed by atoms with Gasteiger partial charge >= 0.3 is 5.97 Å². The van der Waals surface area contributed by atoms with Gasteiger partial charge in [0.05, 0.1) is 6.42 Å². The molecule has 0 saturated heterocycles. The monoisotopic (exact) mass is 279 g/mol. The molecule has 1 aromatic heterocycles. The van der Waals surface area contributed by atoms with Gasteiger partial charge in [-0.3, -0.25) is 4.79 Å². The third-order valence-electron chi connectivity index (χ3n) is 4.43. The standard InChI is InChI=1S/C15H25N3O2/c1-11(2)18-12(3)16-17-13(18)9-15(10-14(19)20)7-5-4-6-8-15/h11H,4-10H2,1-3H3,(H,19,20). The number of carboxylic acid groups (broad SMARTS) is 1. The van der Waals surface area contributed by atoms with Gasteiger partial charge in [0.2, 0.25) is 0 Å². The van der Waals surface area contributed by atoms with E-state index in [9.17, 15) is 9.90 Å². The maximum absolute atomic E-state index is 11.2. The van der Waals surface area contributed by atoms with Crippen LogP contribution in [0.4, 0.5) is 0 Å². The number of aromatic nitrogens is 3. The highest BCUT2D eigenvalue weighted by Crippen LogP contribution is 2.42. The molecule has 0 spiro atoms. The lowest BCUT2D eigenvalue weighted by atomic mass is 9.69. The lowest BCUT2D eigenvalue weighted by Crippen LogP contribution is -2.31. The lowest BCUT2D eigenvalue weighted by Gasteiger charge is -2.36. The molecule has 2 rings (SSSR count). The highest BCUT2D eigenvalue weighted by atomic mass is 16.4. The van der Waals surface area contributed by atoms with E-state index in [0.29, 0.717) is 6.04 Å². The molecule has 0 amide bonds. The lowest BCUT2D eigenvalue weighted by molar-refractivity contribution is -0.140. The summed E-state index contributed by atoms with van der Waals surface area (Å²) in [5.74, 6) is 1.16. The fourth-order valence-electron chi connectivity index (χ4n) is 3.58. The van der Waals surface area contributed by atoms with Crippen molar-refractivity contribution in [1.29, 1.82) is 0 Å². The highest BCUT2D eigenvalue weighted by molar-refractivity contribution is 5.67. The molecule has 5 nitrogen and oxygen atoms in total. The summed E-state index contributed by atoms with van der Waals surface area (Å²) in [6.07, 6.45) is 6.43. The second-order valence-corrected chi connectivity index (χ2v) is 6.44. The Morgan fingerprint density at radius 1 is 1.30 bits per heavy atom. The molecule has 20 heavy (non-hydrogen) atoms. The molecular weight excluding hydrogens is 254 g/mol. The normalized spacial score (nSPS) is 18.4. The van der Waals surface area contributed by atoms with Crippen molar-refractivity contribution in [3.63, 3.8) is 0 Å². The first-order valence-corrected chi connectivity index (χ1v) is 7.56. The molecule has 1 heterocycles. The first-order valence-electron chi connectivity index (χ1n) is 7.56. The summed E-state index contributed by atoms with van der Waals surface area (Å²) < 4.78 is 2.14. The average Bonchev–Trinajstić information content (AvgIpc) is 2.70. The summed E-state index contributed by atoms with van der Waals surface area (Å²) in [6.45, 7) is 6.19. The van der Waals surface area contributed by atoms with Gasteiger partial charge in [0.25, 0.3) is 0 Å². The predicted octanol–water partition coefficient (Wildman–Crippen LogP) is 3.14. The van der Waals surface area contributed by atoms with Crippen molar-refractivity contribution < 1.29 is 9.90 Å². The third-order valence-corrected chi connectivity index (χ3v) is 4.43. The van der Waals surface area contributed by atoms with E-state index in [-0.39, 0.29) is 11.8 Å². The SMILES string of the molecule is Cc1nnc(CC2(CC(=O)O)CCCCC2)n1C(C)C. The molecule has 1 aromatic rings. The van der Waals surface area contributed by atoms with E-state index >= 15 is 0 Å². The van der Waals surface area contributed by atoms with E-state index in [2.05, 4.69) is 28.6 Å². The minimum atomic E-state index is -0.695. The molecule has 1 saturated carbocycles. The molecular formula is C15H25N3O2. The van der Waals surface area contributed by atoms with E-state index in [1.807, 2.05) is 6.92 Å². The molecule has 0 aromatic carbocycles. The number of aryl methyl sites for hydroxylation is 1. The summed E-state index contributed by atoms with van der Waals surface area (Å²) >= 11 is 0. The van der Waals surface area contributed by atoms with E-state index in [4.69, 9.17) is 0 Å². The van der Waals surface area contributed by atoms with Crippen LogP contribution in [0.5, 0.6) is 0 Å². The zero-order valence-electron chi connectivity index (χ0n) is 12.7. The highest BCUT2D eigenvalue weighted by Gasteiger charge is 2.36. The maximum atomic E-state index is 11.2. The van der Waals surface area contributed by atoms with Gasteiger partial charge in [0, 0.05) is 12.5 Å². The molecule has 5 heteroatoms. The quantitative estimate of drug-likeness (QED) is 0.899. The van der Waals surface area contributed by atoms with E-state index < -0.39 is 5.97 Å². The van der Waals surface area contributed by atoms with Gasteiger partial charge in [-0.2, -0.15) is 0 Å². The molecule has 0 radical (unpaired) electrons. The maximum Gasteiger partial charge on any atom is 0.303 e. The van der Waals surface area contributed by atoms with Crippen molar-refractivity contribution in [2.45, 2.75) is 71.8 Å². The Morgan fingerprint density at radius 3 is 2.50 bits per heavy atom. The van der Waals surface area contributed by atoms with Gasteiger partial charge in [0.1, 0.15) is 11.6 Å². The second-order valence-electron chi connectivity index (χ2n) is 6.44. The minimum absolute atomic E-state index is 0.129. The fraction of sp³-hybridized carbons (Fsp3) is 0.800. The number of hydrogen-bond acceptors (Lipinski definition) is 3. The van der Waals surface area contributed by atoms with Crippen molar-refractivity contribution in [1.82, 2.24) is 14.8 Å². The Labute approximate surface area is 120 Å².